The second kappa shape index (κ2) is 2.85. The highest BCUT2D eigenvalue weighted by atomic mass is 32.1. The van der Waals surface area contributed by atoms with E-state index in [0.29, 0.717) is 10.7 Å². The van der Waals surface area contributed by atoms with E-state index in [0.717, 1.165) is 5.65 Å². The molecule has 5 heteroatoms. The van der Waals surface area contributed by atoms with Gasteiger partial charge in [0.2, 0.25) is 10.7 Å². The molecule has 0 bridgehead atoms. The number of rotatable bonds is 1. The molecule has 2 aromatic rings. The Morgan fingerprint density at radius 1 is 1.46 bits per heavy atom. The summed E-state index contributed by atoms with van der Waals surface area (Å²) in [7, 11) is 3.53. The van der Waals surface area contributed by atoms with Crippen LogP contribution in [0.1, 0.15) is 0 Å². The van der Waals surface area contributed by atoms with Crippen molar-refractivity contribution in [2.45, 2.75) is 0 Å². The number of aryl methyl sites for hydroxylation is 1. The Labute approximate surface area is 80.4 Å². The van der Waals surface area contributed by atoms with Crippen LogP contribution in [0.2, 0.25) is 0 Å². The van der Waals surface area contributed by atoms with Crippen molar-refractivity contribution in [3.8, 4) is 5.88 Å². The maximum atomic E-state index is 5.08. The van der Waals surface area contributed by atoms with Crippen molar-refractivity contribution < 1.29 is 4.74 Å². The van der Waals surface area contributed by atoms with Gasteiger partial charge in [-0.25, -0.2) is 0 Å². The first-order chi connectivity index (χ1) is 6.22. The second-order valence-electron chi connectivity index (χ2n) is 2.72. The Morgan fingerprint density at radius 3 is 2.92 bits per heavy atom. The summed E-state index contributed by atoms with van der Waals surface area (Å²) in [6, 6.07) is 1.84. The molecule has 68 valence electrons. The van der Waals surface area contributed by atoms with E-state index in [4.69, 9.17) is 17.0 Å². The smallest absolute Gasteiger partial charge is 0.219 e. The van der Waals surface area contributed by atoms with Gasteiger partial charge in [-0.05, 0) is 12.2 Å². The molecular formula is C8H9N3OS. The molecule has 0 aromatic carbocycles. The molecule has 13 heavy (non-hydrogen) atoms. The highest BCUT2D eigenvalue weighted by molar-refractivity contribution is 7.71. The number of ether oxygens (including phenoxy) is 1. The van der Waals surface area contributed by atoms with Crippen LogP contribution in [0.5, 0.6) is 5.88 Å². The zero-order valence-corrected chi connectivity index (χ0v) is 8.21. The summed E-state index contributed by atoms with van der Waals surface area (Å²) in [6.45, 7) is 0. The predicted molar refractivity (Wildman–Crippen MR) is 51.5 cm³/mol. The van der Waals surface area contributed by atoms with Crippen LogP contribution in [-0.2, 0) is 7.05 Å². The van der Waals surface area contributed by atoms with E-state index in [1.807, 2.05) is 34.5 Å². The molecular weight excluding hydrogens is 186 g/mol. The minimum Gasteiger partial charge on any atom is -0.481 e. The Balaban J connectivity index is 2.88. The summed E-state index contributed by atoms with van der Waals surface area (Å²) in [5, 5.41) is 0. The van der Waals surface area contributed by atoms with Crippen LogP contribution in [-0.4, -0.2) is 21.1 Å². The van der Waals surface area contributed by atoms with Crippen molar-refractivity contribution in [2.75, 3.05) is 7.11 Å². The van der Waals surface area contributed by atoms with Crippen LogP contribution in [0.25, 0.3) is 5.65 Å². The lowest BCUT2D eigenvalue weighted by atomic mass is 10.6. The minimum atomic E-state index is 0.509. The number of hydrogen-bond acceptors (Lipinski definition) is 3. The van der Waals surface area contributed by atoms with Crippen molar-refractivity contribution in [3.63, 3.8) is 0 Å². The Hall–Kier alpha value is -1.36. The van der Waals surface area contributed by atoms with E-state index in [2.05, 4.69) is 4.98 Å². The molecule has 0 amide bonds. The van der Waals surface area contributed by atoms with Crippen LogP contribution in [0.3, 0.4) is 0 Å². The van der Waals surface area contributed by atoms with Gasteiger partial charge >= 0.3 is 0 Å². The number of imidazole rings is 1. The third-order valence-electron chi connectivity index (χ3n) is 1.92. The first-order valence-corrected chi connectivity index (χ1v) is 4.22. The standard InChI is InChI=1S/C8H9N3OS/c1-10-3-4-11-7(10)5-6(12-2)9-8(11)13/h3-5H,1-2H3. The quantitative estimate of drug-likeness (QED) is 0.645. The molecule has 0 aliphatic heterocycles. The Morgan fingerprint density at radius 2 is 2.23 bits per heavy atom. The molecule has 0 aliphatic carbocycles. The Bertz CT molecular complexity index is 500. The van der Waals surface area contributed by atoms with Gasteiger partial charge in [-0.2, -0.15) is 4.98 Å². The maximum Gasteiger partial charge on any atom is 0.219 e. The zero-order valence-electron chi connectivity index (χ0n) is 7.39. The van der Waals surface area contributed by atoms with Crippen LogP contribution in [0, 0.1) is 4.77 Å². The first-order valence-electron chi connectivity index (χ1n) is 3.81. The molecule has 2 heterocycles. The molecule has 0 saturated carbocycles. The molecule has 0 atom stereocenters. The summed E-state index contributed by atoms with van der Waals surface area (Å²) in [5.74, 6) is 0.548. The largest absolute Gasteiger partial charge is 0.481 e. The average molecular weight is 195 g/mol. The SMILES string of the molecule is COc1cc2n(C)ccn2c(=S)n1. The van der Waals surface area contributed by atoms with Gasteiger partial charge in [-0.3, -0.25) is 4.40 Å². The van der Waals surface area contributed by atoms with E-state index < -0.39 is 0 Å². The molecule has 0 saturated heterocycles. The van der Waals surface area contributed by atoms with Gasteiger partial charge < -0.3 is 9.30 Å². The highest BCUT2D eigenvalue weighted by Crippen LogP contribution is 2.11. The lowest BCUT2D eigenvalue weighted by Crippen LogP contribution is -1.96. The lowest BCUT2D eigenvalue weighted by Gasteiger charge is -2.00. The van der Waals surface area contributed by atoms with Gasteiger partial charge in [0.25, 0.3) is 0 Å². The van der Waals surface area contributed by atoms with Gasteiger partial charge in [0.05, 0.1) is 7.11 Å². The zero-order chi connectivity index (χ0) is 9.42. The number of methoxy groups -OCH3 is 1. The van der Waals surface area contributed by atoms with Crippen LogP contribution in [0.4, 0.5) is 0 Å². The summed E-state index contributed by atoms with van der Waals surface area (Å²) in [6.07, 6.45) is 3.80. The van der Waals surface area contributed by atoms with Crippen LogP contribution in [0.15, 0.2) is 18.5 Å². The van der Waals surface area contributed by atoms with Gasteiger partial charge in [-0.1, -0.05) is 0 Å². The molecule has 4 nitrogen and oxygen atoms in total. The lowest BCUT2D eigenvalue weighted by molar-refractivity contribution is 0.396. The number of fused-ring (bicyclic) bond motifs is 1. The summed E-state index contributed by atoms with van der Waals surface area (Å²) in [5.41, 5.74) is 0.969. The first kappa shape index (κ1) is 8.25. The number of hydrogen-bond donors (Lipinski definition) is 0. The van der Waals surface area contributed by atoms with Crippen molar-refractivity contribution in [3.05, 3.63) is 23.2 Å². The van der Waals surface area contributed by atoms with Crippen molar-refractivity contribution in [1.82, 2.24) is 14.0 Å². The summed E-state index contributed by atoms with van der Waals surface area (Å²) in [4.78, 5) is 4.08. The predicted octanol–water partition coefficient (Wildman–Crippen LogP) is 1.41. The number of nitrogens with zero attached hydrogens (tertiary/aromatic N) is 3. The highest BCUT2D eigenvalue weighted by Gasteiger charge is 2.01. The van der Waals surface area contributed by atoms with Crippen molar-refractivity contribution >= 4 is 17.9 Å². The van der Waals surface area contributed by atoms with Gasteiger partial charge in [0.1, 0.15) is 5.65 Å². The molecule has 0 unspecified atom stereocenters. The van der Waals surface area contributed by atoms with E-state index in [1.165, 1.54) is 0 Å². The average Bonchev–Trinajstić information content (AvgIpc) is 2.48. The van der Waals surface area contributed by atoms with Gasteiger partial charge in [0, 0.05) is 25.5 Å². The fourth-order valence-electron chi connectivity index (χ4n) is 1.22. The molecule has 0 aliphatic rings. The van der Waals surface area contributed by atoms with E-state index >= 15 is 0 Å². The molecule has 2 rings (SSSR count). The minimum absolute atomic E-state index is 0.509. The topological polar surface area (TPSA) is 31.5 Å². The van der Waals surface area contributed by atoms with Gasteiger partial charge in [-0.15, -0.1) is 0 Å². The summed E-state index contributed by atoms with van der Waals surface area (Å²) >= 11 is 5.08. The second-order valence-corrected chi connectivity index (χ2v) is 3.08. The fraction of sp³-hybridized carbons (Fsp3) is 0.250. The van der Waals surface area contributed by atoms with E-state index in [9.17, 15) is 0 Å². The third-order valence-corrected chi connectivity index (χ3v) is 2.21. The molecule has 2 aromatic heterocycles. The monoisotopic (exact) mass is 195 g/mol. The van der Waals surface area contributed by atoms with Crippen molar-refractivity contribution in [2.24, 2.45) is 7.05 Å². The third kappa shape index (κ3) is 1.21. The van der Waals surface area contributed by atoms with E-state index in [-0.39, 0.29) is 0 Å². The van der Waals surface area contributed by atoms with Crippen molar-refractivity contribution in [1.29, 1.82) is 0 Å². The molecule has 0 N–H and O–H groups in total. The Kier molecular flexibility index (Phi) is 1.81. The molecule has 0 radical (unpaired) electrons. The van der Waals surface area contributed by atoms with Crippen LogP contribution >= 0.6 is 12.2 Å². The molecule has 0 spiro atoms. The maximum absolute atomic E-state index is 5.08. The summed E-state index contributed by atoms with van der Waals surface area (Å²) < 4.78 is 9.32. The fourth-order valence-corrected chi connectivity index (χ4v) is 1.46. The number of aromatic nitrogens is 3. The van der Waals surface area contributed by atoms with Crippen LogP contribution < -0.4 is 4.74 Å². The normalized spacial score (nSPS) is 10.6. The van der Waals surface area contributed by atoms with Gasteiger partial charge in [0.15, 0.2) is 0 Å². The van der Waals surface area contributed by atoms with E-state index in [1.54, 1.807) is 7.11 Å². The molecule has 0 fully saturated rings.